The lowest BCUT2D eigenvalue weighted by Gasteiger charge is -2.16. The number of hydrogen-bond donors (Lipinski definition) is 2. The fraction of sp³-hybridized carbons (Fsp3) is 0.417. The molecule has 0 aliphatic rings. The third kappa shape index (κ3) is 2.92. The number of nitrogens with zero attached hydrogens (tertiary/aromatic N) is 2. The summed E-state index contributed by atoms with van der Waals surface area (Å²) in [6, 6.07) is 1.77. The minimum atomic E-state index is -0.185. The van der Waals surface area contributed by atoms with Gasteiger partial charge in [0, 0.05) is 16.8 Å². The van der Waals surface area contributed by atoms with Crippen molar-refractivity contribution < 1.29 is 4.74 Å². The van der Waals surface area contributed by atoms with Gasteiger partial charge in [0.05, 0.1) is 30.1 Å². The van der Waals surface area contributed by atoms with Crippen molar-refractivity contribution in [2.75, 3.05) is 7.11 Å². The molecule has 2 aromatic rings. The molecule has 0 aromatic carbocycles. The maximum absolute atomic E-state index is 6.24. The van der Waals surface area contributed by atoms with Crippen LogP contribution in [0.3, 0.4) is 0 Å². The summed E-state index contributed by atoms with van der Waals surface area (Å²) < 4.78 is 7.09. The van der Waals surface area contributed by atoms with Gasteiger partial charge in [0.25, 0.3) is 0 Å². The molecule has 0 saturated carbocycles. The Morgan fingerprint density at radius 2 is 2.42 bits per heavy atom. The molecule has 1 atom stereocenters. The molecule has 0 radical (unpaired) electrons. The number of thiophene rings is 1. The smallest absolute Gasteiger partial charge is 0.129 e. The Bertz CT molecular complexity index is 540. The van der Waals surface area contributed by atoms with Gasteiger partial charge in [-0.2, -0.15) is 5.10 Å². The lowest BCUT2D eigenvalue weighted by atomic mass is 10.1. The highest BCUT2D eigenvalue weighted by Crippen LogP contribution is 2.33. The van der Waals surface area contributed by atoms with Gasteiger partial charge in [0.15, 0.2) is 0 Å². The van der Waals surface area contributed by atoms with Crippen LogP contribution in [0.1, 0.15) is 30.0 Å². The standard InChI is InChI=1S/C12H17ClN4OS/c1-3-4-17-12(9(13)6-15-17)11(16-14)10-5-8(18-2)7-19-10/h5-7,11,16H,3-4,14H2,1-2H3. The van der Waals surface area contributed by atoms with Gasteiger partial charge in [0.1, 0.15) is 5.75 Å². The summed E-state index contributed by atoms with van der Waals surface area (Å²) >= 11 is 7.81. The number of aromatic nitrogens is 2. The SMILES string of the molecule is CCCn1ncc(Cl)c1C(NN)c1cc(OC)cs1. The van der Waals surface area contributed by atoms with Gasteiger partial charge in [-0.1, -0.05) is 18.5 Å². The third-order valence-electron chi connectivity index (χ3n) is 2.82. The summed E-state index contributed by atoms with van der Waals surface area (Å²) in [5.74, 6) is 6.51. The summed E-state index contributed by atoms with van der Waals surface area (Å²) in [6.07, 6.45) is 2.64. The highest BCUT2D eigenvalue weighted by atomic mass is 35.5. The molecule has 2 aromatic heterocycles. The van der Waals surface area contributed by atoms with Crippen LogP contribution in [0.15, 0.2) is 17.6 Å². The number of nitrogens with one attached hydrogen (secondary N) is 1. The van der Waals surface area contributed by atoms with E-state index in [-0.39, 0.29) is 6.04 Å². The third-order valence-corrected chi connectivity index (χ3v) is 4.09. The highest BCUT2D eigenvalue weighted by molar-refractivity contribution is 7.10. The quantitative estimate of drug-likeness (QED) is 0.636. The van der Waals surface area contributed by atoms with Crippen molar-refractivity contribution in [3.63, 3.8) is 0 Å². The molecule has 1 unspecified atom stereocenters. The van der Waals surface area contributed by atoms with Crippen molar-refractivity contribution in [2.24, 2.45) is 5.84 Å². The van der Waals surface area contributed by atoms with E-state index < -0.39 is 0 Å². The van der Waals surface area contributed by atoms with Gasteiger partial charge >= 0.3 is 0 Å². The number of aryl methyl sites for hydroxylation is 1. The van der Waals surface area contributed by atoms with E-state index in [1.807, 2.05) is 16.1 Å². The van der Waals surface area contributed by atoms with E-state index in [0.29, 0.717) is 5.02 Å². The molecule has 2 heterocycles. The first kappa shape index (κ1) is 14.3. The zero-order valence-corrected chi connectivity index (χ0v) is 12.5. The van der Waals surface area contributed by atoms with Crippen molar-refractivity contribution >= 4 is 22.9 Å². The molecule has 2 rings (SSSR count). The molecule has 0 aliphatic heterocycles. The Morgan fingerprint density at radius 1 is 1.63 bits per heavy atom. The van der Waals surface area contributed by atoms with Crippen LogP contribution in [0.2, 0.25) is 5.02 Å². The molecular weight excluding hydrogens is 284 g/mol. The molecule has 104 valence electrons. The Balaban J connectivity index is 2.38. The van der Waals surface area contributed by atoms with Crippen LogP contribution in [0.4, 0.5) is 0 Å². The summed E-state index contributed by atoms with van der Waals surface area (Å²) in [5.41, 5.74) is 3.69. The van der Waals surface area contributed by atoms with Gasteiger partial charge in [-0.15, -0.1) is 11.3 Å². The van der Waals surface area contributed by atoms with Crippen LogP contribution < -0.4 is 16.0 Å². The largest absolute Gasteiger partial charge is 0.496 e. The van der Waals surface area contributed by atoms with E-state index in [2.05, 4.69) is 17.4 Å². The van der Waals surface area contributed by atoms with E-state index in [1.54, 1.807) is 24.6 Å². The average molecular weight is 301 g/mol. The van der Waals surface area contributed by atoms with Crippen molar-refractivity contribution in [3.8, 4) is 5.75 Å². The predicted octanol–water partition coefficient (Wildman–Crippen LogP) is 2.57. The summed E-state index contributed by atoms with van der Waals surface area (Å²) in [6.45, 7) is 2.90. The second-order valence-electron chi connectivity index (χ2n) is 4.09. The molecular formula is C12H17ClN4OS. The van der Waals surface area contributed by atoms with Crippen LogP contribution in [0.25, 0.3) is 0 Å². The van der Waals surface area contributed by atoms with E-state index >= 15 is 0 Å². The minimum Gasteiger partial charge on any atom is -0.496 e. The van der Waals surface area contributed by atoms with Crippen LogP contribution in [0.5, 0.6) is 5.75 Å². The zero-order chi connectivity index (χ0) is 13.8. The minimum absolute atomic E-state index is 0.185. The second-order valence-corrected chi connectivity index (χ2v) is 5.44. The molecule has 0 amide bonds. The topological polar surface area (TPSA) is 65.1 Å². The lowest BCUT2D eigenvalue weighted by Crippen LogP contribution is -2.30. The Labute approximate surface area is 121 Å². The average Bonchev–Trinajstić information content (AvgIpc) is 3.01. The number of halogens is 1. The maximum atomic E-state index is 6.24. The molecule has 0 fully saturated rings. The van der Waals surface area contributed by atoms with Gasteiger partial charge in [-0.25, -0.2) is 5.43 Å². The molecule has 19 heavy (non-hydrogen) atoms. The molecule has 0 bridgehead atoms. The van der Waals surface area contributed by atoms with Crippen molar-refractivity contribution in [2.45, 2.75) is 25.9 Å². The second kappa shape index (κ2) is 6.38. The Morgan fingerprint density at radius 3 is 3.00 bits per heavy atom. The summed E-state index contributed by atoms with van der Waals surface area (Å²) in [7, 11) is 1.64. The first-order chi connectivity index (χ1) is 9.21. The van der Waals surface area contributed by atoms with Crippen molar-refractivity contribution in [3.05, 3.63) is 33.2 Å². The first-order valence-electron chi connectivity index (χ1n) is 6.01. The van der Waals surface area contributed by atoms with Gasteiger partial charge in [-0.05, 0) is 12.5 Å². The molecule has 0 spiro atoms. The zero-order valence-electron chi connectivity index (χ0n) is 10.9. The molecule has 3 N–H and O–H groups in total. The highest BCUT2D eigenvalue weighted by Gasteiger charge is 2.22. The fourth-order valence-electron chi connectivity index (χ4n) is 1.94. The van der Waals surface area contributed by atoms with Crippen molar-refractivity contribution in [1.29, 1.82) is 0 Å². The lowest BCUT2D eigenvalue weighted by molar-refractivity contribution is 0.416. The number of hydrogen-bond acceptors (Lipinski definition) is 5. The molecule has 7 heteroatoms. The van der Waals surface area contributed by atoms with Gasteiger partial charge in [-0.3, -0.25) is 10.5 Å². The van der Waals surface area contributed by atoms with Gasteiger partial charge < -0.3 is 4.74 Å². The van der Waals surface area contributed by atoms with E-state index in [1.165, 1.54) is 0 Å². The van der Waals surface area contributed by atoms with E-state index in [0.717, 1.165) is 29.3 Å². The van der Waals surface area contributed by atoms with Crippen LogP contribution in [0, 0.1) is 0 Å². The summed E-state index contributed by atoms with van der Waals surface area (Å²) in [5, 5.41) is 6.84. The number of rotatable bonds is 6. The molecule has 0 saturated heterocycles. The van der Waals surface area contributed by atoms with Crippen molar-refractivity contribution in [1.82, 2.24) is 15.2 Å². The maximum Gasteiger partial charge on any atom is 0.129 e. The number of hydrazine groups is 1. The summed E-state index contributed by atoms with van der Waals surface area (Å²) in [4.78, 5) is 1.04. The normalized spacial score (nSPS) is 12.6. The number of nitrogens with two attached hydrogens (primary N) is 1. The number of methoxy groups -OCH3 is 1. The van der Waals surface area contributed by atoms with E-state index in [9.17, 15) is 0 Å². The monoisotopic (exact) mass is 300 g/mol. The van der Waals surface area contributed by atoms with Gasteiger partial charge in [0.2, 0.25) is 0 Å². The Kier molecular flexibility index (Phi) is 4.81. The predicted molar refractivity (Wildman–Crippen MR) is 77.6 cm³/mol. The first-order valence-corrected chi connectivity index (χ1v) is 7.26. The van der Waals surface area contributed by atoms with Crippen LogP contribution in [-0.2, 0) is 6.54 Å². The number of ether oxygens (including phenoxy) is 1. The Hall–Kier alpha value is -1.08. The van der Waals surface area contributed by atoms with Crippen LogP contribution in [-0.4, -0.2) is 16.9 Å². The van der Waals surface area contributed by atoms with E-state index in [4.69, 9.17) is 22.2 Å². The molecule has 5 nitrogen and oxygen atoms in total. The molecule has 0 aliphatic carbocycles. The van der Waals surface area contributed by atoms with Crippen LogP contribution >= 0.6 is 22.9 Å². The fourth-order valence-corrected chi connectivity index (χ4v) is 3.10.